The van der Waals surface area contributed by atoms with Crippen LogP contribution in [0.2, 0.25) is 0 Å². The van der Waals surface area contributed by atoms with Gasteiger partial charge in [-0.15, -0.1) is 0 Å². The van der Waals surface area contributed by atoms with Crippen molar-refractivity contribution >= 4 is 39.9 Å². The highest BCUT2D eigenvalue weighted by atomic mass is 127. The van der Waals surface area contributed by atoms with Crippen LogP contribution in [0.25, 0.3) is 0 Å². The van der Waals surface area contributed by atoms with Crippen molar-refractivity contribution in [3.05, 3.63) is 57.7 Å². The van der Waals surface area contributed by atoms with E-state index in [1.807, 2.05) is 67.5 Å². The first-order valence-corrected chi connectivity index (χ1v) is 6.99. The molecule has 0 saturated carbocycles. The smallest absolute Gasteiger partial charge is 0.255 e. The molecule has 1 amide bonds. The van der Waals surface area contributed by atoms with Crippen molar-refractivity contribution in [3.63, 3.8) is 0 Å². The fourth-order valence-corrected chi connectivity index (χ4v) is 2.20. The molecule has 0 spiro atoms. The van der Waals surface area contributed by atoms with Crippen LogP contribution in [0.5, 0.6) is 0 Å². The zero-order valence-corrected chi connectivity index (χ0v) is 13.0. The molecule has 0 aliphatic heterocycles. The SMILES string of the molecule is CN(C)c1cccc(C(=O)Nc2ccccc2I)c1. The van der Waals surface area contributed by atoms with E-state index in [2.05, 4.69) is 27.9 Å². The van der Waals surface area contributed by atoms with Crippen LogP contribution in [0, 0.1) is 3.57 Å². The second-order valence-corrected chi connectivity index (χ2v) is 5.54. The van der Waals surface area contributed by atoms with Gasteiger partial charge >= 0.3 is 0 Å². The van der Waals surface area contributed by atoms with Gasteiger partial charge in [-0.1, -0.05) is 18.2 Å². The van der Waals surface area contributed by atoms with E-state index in [9.17, 15) is 4.79 Å². The minimum absolute atomic E-state index is 0.0900. The summed E-state index contributed by atoms with van der Waals surface area (Å²) in [4.78, 5) is 14.2. The first kappa shape index (κ1) is 13.9. The lowest BCUT2D eigenvalue weighted by Crippen LogP contribution is -2.14. The van der Waals surface area contributed by atoms with Crippen LogP contribution in [0.4, 0.5) is 11.4 Å². The number of nitrogens with zero attached hydrogens (tertiary/aromatic N) is 1. The number of nitrogens with one attached hydrogen (secondary N) is 1. The molecule has 0 aromatic heterocycles. The standard InChI is InChI=1S/C15H15IN2O/c1-18(2)12-7-5-6-11(10-12)15(19)17-14-9-4-3-8-13(14)16/h3-10H,1-2H3,(H,17,19). The number of anilines is 2. The second kappa shape index (κ2) is 6.06. The summed E-state index contributed by atoms with van der Waals surface area (Å²) in [7, 11) is 3.91. The van der Waals surface area contributed by atoms with Gasteiger partial charge in [-0.25, -0.2) is 0 Å². The summed E-state index contributed by atoms with van der Waals surface area (Å²) in [6.07, 6.45) is 0. The number of carbonyl (C=O) groups is 1. The summed E-state index contributed by atoms with van der Waals surface area (Å²) >= 11 is 2.21. The van der Waals surface area contributed by atoms with Crippen molar-refractivity contribution < 1.29 is 4.79 Å². The molecule has 3 nitrogen and oxygen atoms in total. The topological polar surface area (TPSA) is 32.3 Å². The van der Waals surface area contributed by atoms with E-state index in [0.717, 1.165) is 14.9 Å². The Kier molecular flexibility index (Phi) is 4.42. The number of benzene rings is 2. The Morgan fingerprint density at radius 2 is 1.84 bits per heavy atom. The zero-order valence-electron chi connectivity index (χ0n) is 10.9. The summed E-state index contributed by atoms with van der Waals surface area (Å²) in [5.41, 5.74) is 2.50. The van der Waals surface area contributed by atoms with Crippen LogP contribution in [-0.2, 0) is 0 Å². The van der Waals surface area contributed by atoms with Crippen molar-refractivity contribution in [2.45, 2.75) is 0 Å². The van der Waals surface area contributed by atoms with Gasteiger partial charge in [0.25, 0.3) is 5.91 Å². The number of rotatable bonds is 3. The number of carbonyl (C=O) groups excluding carboxylic acids is 1. The third-order valence-electron chi connectivity index (χ3n) is 2.75. The predicted octanol–water partition coefficient (Wildman–Crippen LogP) is 3.61. The van der Waals surface area contributed by atoms with E-state index in [1.54, 1.807) is 0 Å². The summed E-state index contributed by atoms with van der Waals surface area (Å²) in [5, 5.41) is 2.93. The average Bonchev–Trinajstić information content (AvgIpc) is 2.41. The summed E-state index contributed by atoms with van der Waals surface area (Å²) in [5.74, 6) is -0.0900. The molecule has 0 atom stereocenters. The Labute approximate surface area is 126 Å². The number of halogens is 1. The number of para-hydroxylation sites is 1. The third kappa shape index (κ3) is 3.47. The second-order valence-electron chi connectivity index (χ2n) is 4.38. The first-order valence-electron chi connectivity index (χ1n) is 5.91. The van der Waals surface area contributed by atoms with Gasteiger partial charge in [-0.3, -0.25) is 4.79 Å². The fourth-order valence-electron chi connectivity index (χ4n) is 1.68. The molecule has 0 aliphatic carbocycles. The molecule has 2 aromatic carbocycles. The molecule has 0 bridgehead atoms. The van der Waals surface area contributed by atoms with Crippen LogP contribution in [0.15, 0.2) is 48.5 Å². The highest BCUT2D eigenvalue weighted by Gasteiger charge is 2.08. The van der Waals surface area contributed by atoms with Crippen molar-refractivity contribution in [3.8, 4) is 0 Å². The number of hydrogen-bond donors (Lipinski definition) is 1. The van der Waals surface area contributed by atoms with E-state index in [1.165, 1.54) is 0 Å². The quantitative estimate of drug-likeness (QED) is 0.842. The maximum atomic E-state index is 12.2. The highest BCUT2D eigenvalue weighted by molar-refractivity contribution is 14.1. The highest BCUT2D eigenvalue weighted by Crippen LogP contribution is 2.19. The van der Waals surface area contributed by atoms with Crippen LogP contribution in [-0.4, -0.2) is 20.0 Å². The molecule has 0 unspecified atom stereocenters. The molecule has 0 aliphatic rings. The normalized spacial score (nSPS) is 10.1. The Balaban J connectivity index is 2.21. The van der Waals surface area contributed by atoms with Crippen molar-refractivity contribution in [2.24, 2.45) is 0 Å². The van der Waals surface area contributed by atoms with Crippen molar-refractivity contribution in [2.75, 3.05) is 24.3 Å². The molecule has 1 N–H and O–H groups in total. The molecule has 0 radical (unpaired) electrons. The van der Waals surface area contributed by atoms with Crippen LogP contribution in [0.3, 0.4) is 0 Å². The van der Waals surface area contributed by atoms with Gasteiger partial charge in [0, 0.05) is 28.9 Å². The Morgan fingerprint density at radius 3 is 2.53 bits per heavy atom. The molecule has 2 aromatic rings. The molecule has 0 saturated heterocycles. The monoisotopic (exact) mass is 366 g/mol. The van der Waals surface area contributed by atoms with Gasteiger partial charge < -0.3 is 10.2 Å². The minimum atomic E-state index is -0.0900. The van der Waals surface area contributed by atoms with E-state index < -0.39 is 0 Å². The first-order chi connectivity index (χ1) is 9.08. The molecular weight excluding hydrogens is 351 g/mol. The molecule has 98 valence electrons. The van der Waals surface area contributed by atoms with E-state index in [0.29, 0.717) is 5.56 Å². The maximum absolute atomic E-state index is 12.2. The van der Waals surface area contributed by atoms with E-state index in [-0.39, 0.29) is 5.91 Å². The lowest BCUT2D eigenvalue weighted by molar-refractivity contribution is 0.102. The number of hydrogen-bond acceptors (Lipinski definition) is 2. The van der Waals surface area contributed by atoms with Gasteiger partial charge in [0.2, 0.25) is 0 Å². The summed E-state index contributed by atoms with van der Waals surface area (Å²) in [6, 6.07) is 15.3. The molecule has 2 rings (SSSR count). The fraction of sp³-hybridized carbons (Fsp3) is 0.133. The van der Waals surface area contributed by atoms with Crippen LogP contribution >= 0.6 is 22.6 Å². The molecule has 4 heteroatoms. The maximum Gasteiger partial charge on any atom is 0.255 e. The van der Waals surface area contributed by atoms with Gasteiger partial charge in [-0.2, -0.15) is 0 Å². The molecule has 0 heterocycles. The zero-order chi connectivity index (χ0) is 13.8. The Bertz CT molecular complexity index is 596. The van der Waals surface area contributed by atoms with Crippen molar-refractivity contribution in [1.29, 1.82) is 0 Å². The number of amides is 1. The minimum Gasteiger partial charge on any atom is -0.378 e. The van der Waals surface area contributed by atoms with Gasteiger partial charge in [0.1, 0.15) is 0 Å². The largest absolute Gasteiger partial charge is 0.378 e. The summed E-state index contributed by atoms with van der Waals surface area (Å²) in [6.45, 7) is 0. The lowest BCUT2D eigenvalue weighted by atomic mass is 10.1. The van der Waals surface area contributed by atoms with Crippen LogP contribution in [0.1, 0.15) is 10.4 Å². The molecule has 0 fully saturated rings. The van der Waals surface area contributed by atoms with Gasteiger partial charge in [0.15, 0.2) is 0 Å². The van der Waals surface area contributed by atoms with Crippen LogP contribution < -0.4 is 10.2 Å². The predicted molar refractivity (Wildman–Crippen MR) is 87.9 cm³/mol. The van der Waals surface area contributed by atoms with E-state index >= 15 is 0 Å². The lowest BCUT2D eigenvalue weighted by Gasteiger charge is -2.13. The average molecular weight is 366 g/mol. The van der Waals surface area contributed by atoms with Crippen molar-refractivity contribution in [1.82, 2.24) is 0 Å². The Morgan fingerprint density at radius 1 is 1.11 bits per heavy atom. The van der Waals surface area contributed by atoms with Gasteiger partial charge in [-0.05, 0) is 52.9 Å². The Hall–Kier alpha value is -1.56. The molecule has 19 heavy (non-hydrogen) atoms. The molecular formula is C15H15IN2O. The third-order valence-corrected chi connectivity index (χ3v) is 3.69. The van der Waals surface area contributed by atoms with E-state index in [4.69, 9.17) is 0 Å². The summed E-state index contributed by atoms with van der Waals surface area (Å²) < 4.78 is 1.03. The van der Waals surface area contributed by atoms with Gasteiger partial charge in [0.05, 0.1) is 5.69 Å².